The highest BCUT2D eigenvalue weighted by atomic mass is 79.9. The first kappa shape index (κ1) is 11.5. The van der Waals surface area contributed by atoms with Crippen LogP contribution in [0.15, 0.2) is 12.1 Å². The van der Waals surface area contributed by atoms with Crippen LogP contribution in [-0.4, -0.2) is 23.3 Å². The number of rotatable bonds is 4. The molecule has 1 unspecified atom stereocenters. The van der Waals surface area contributed by atoms with Crippen molar-refractivity contribution in [3.05, 3.63) is 21.3 Å². The Morgan fingerprint density at radius 1 is 1.62 bits per heavy atom. The highest BCUT2D eigenvalue weighted by molar-refractivity contribution is 9.09. The van der Waals surface area contributed by atoms with Crippen molar-refractivity contribution in [1.82, 2.24) is 4.90 Å². The summed E-state index contributed by atoms with van der Waals surface area (Å²) < 4.78 is 0.870. The third kappa shape index (κ3) is 3.58. The van der Waals surface area contributed by atoms with Gasteiger partial charge in [0.25, 0.3) is 0 Å². The Balaban J connectivity index is 2.49. The molecule has 0 fully saturated rings. The minimum absolute atomic E-state index is 0.556. The largest absolute Gasteiger partial charge is 0.298 e. The number of thiophene rings is 1. The SMILES string of the molecule is CC(CBr)N(C)Cc1ccc(Cl)s1. The summed E-state index contributed by atoms with van der Waals surface area (Å²) in [6.45, 7) is 3.17. The zero-order chi connectivity index (χ0) is 9.84. The Labute approximate surface area is 96.8 Å². The van der Waals surface area contributed by atoms with Gasteiger partial charge in [-0.25, -0.2) is 0 Å². The first-order valence-electron chi connectivity index (χ1n) is 4.14. The molecule has 1 aromatic heterocycles. The number of hydrogen-bond donors (Lipinski definition) is 0. The summed E-state index contributed by atoms with van der Waals surface area (Å²) in [5.74, 6) is 0. The van der Waals surface area contributed by atoms with Crippen molar-refractivity contribution in [3.8, 4) is 0 Å². The van der Waals surface area contributed by atoms with Gasteiger partial charge in [-0.1, -0.05) is 27.5 Å². The molecule has 0 amide bonds. The van der Waals surface area contributed by atoms with Gasteiger partial charge in [0.1, 0.15) is 0 Å². The highest BCUT2D eigenvalue weighted by Crippen LogP contribution is 2.22. The summed E-state index contributed by atoms with van der Waals surface area (Å²) in [5.41, 5.74) is 0. The van der Waals surface area contributed by atoms with Gasteiger partial charge in [-0.3, -0.25) is 4.90 Å². The van der Waals surface area contributed by atoms with Crippen molar-refractivity contribution < 1.29 is 0 Å². The summed E-state index contributed by atoms with van der Waals surface area (Å²) in [6, 6.07) is 4.60. The molecule has 0 spiro atoms. The molecular weight excluding hydrogens is 270 g/mol. The van der Waals surface area contributed by atoms with E-state index in [1.54, 1.807) is 11.3 Å². The Morgan fingerprint density at radius 3 is 2.77 bits per heavy atom. The minimum atomic E-state index is 0.556. The van der Waals surface area contributed by atoms with E-state index in [-0.39, 0.29) is 0 Å². The van der Waals surface area contributed by atoms with E-state index in [9.17, 15) is 0 Å². The molecule has 0 N–H and O–H groups in total. The highest BCUT2D eigenvalue weighted by Gasteiger charge is 2.08. The maximum atomic E-state index is 5.85. The van der Waals surface area contributed by atoms with E-state index < -0.39 is 0 Å². The number of halogens is 2. The fourth-order valence-electron chi connectivity index (χ4n) is 0.956. The monoisotopic (exact) mass is 281 g/mol. The lowest BCUT2D eigenvalue weighted by atomic mass is 10.3. The molecule has 0 saturated carbocycles. The molecule has 0 aliphatic heterocycles. The van der Waals surface area contributed by atoms with Crippen LogP contribution in [0, 0.1) is 0 Å². The fraction of sp³-hybridized carbons (Fsp3) is 0.556. The molecule has 0 aromatic carbocycles. The Bertz CT molecular complexity index is 264. The van der Waals surface area contributed by atoms with Crippen LogP contribution in [-0.2, 0) is 6.54 Å². The van der Waals surface area contributed by atoms with Crippen molar-refractivity contribution in [2.24, 2.45) is 0 Å². The average molecular weight is 283 g/mol. The van der Waals surface area contributed by atoms with Gasteiger partial charge in [0.15, 0.2) is 0 Å². The third-order valence-electron chi connectivity index (χ3n) is 2.01. The minimum Gasteiger partial charge on any atom is -0.298 e. The van der Waals surface area contributed by atoms with Crippen LogP contribution in [0.4, 0.5) is 0 Å². The molecule has 1 nitrogen and oxygen atoms in total. The first-order valence-corrected chi connectivity index (χ1v) is 6.45. The van der Waals surface area contributed by atoms with Crippen molar-refractivity contribution in [3.63, 3.8) is 0 Å². The van der Waals surface area contributed by atoms with Gasteiger partial charge in [0, 0.05) is 22.8 Å². The standard InChI is InChI=1S/C9H13BrClNS/c1-7(5-10)12(2)6-8-3-4-9(11)13-8/h3-4,7H,5-6H2,1-2H3. The predicted molar refractivity (Wildman–Crippen MR) is 64.1 cm³/mol. The smallest absolute Gasteiger partial charge is 0.0931 e. The molecule has 4 heteroatoms. The molecule has 1 heterocycles. The maximum Gasteiger partial charge on any atom is 0.0931 e. The van der Waals surface area contributed by atoms with Crippen LogP contribution in [0.25, 0.3) is 0 Å². The predicted octanol–water partition coefficient (Wildman–Crippen LogP) is 3.62. The van der Waals surface area contributed by atoms with Crippen LogP contribution in [0.1, 0.15) is 11.8 Å². The third-order valence-corrected chi connectivity index (χ3v) is 4.16. The van der Waals surface area contributed by atoms with Crippen molar-refractivity contribution in [1.29, 1.82) is 0 Å². The Hall–Kier alpha value is 0.430. The lowest BCUT2D eigenvalue weighted by Gasteiger charge is -2.21. The fourth-order valence-corrected chi connectivity index (χ4v) is 2.60. The van der Waals surface area contributed by atoms with Gasteiger partial charge in [0.2, 0.25) is 0 Å². The molecule has 0 aliphatic rings. The molecule has 1 rings (SSSR count). The second-order valence-corrected chi connectivity index (χ2v) is 5.57. The zero-order valence-electron chi connectivity index (χ0n) is 7.76. The summed E-state index contributed by atoms with van der Waals surface area (Å²) in [7, 11) is 2.12. The topological polar surface area (TPSA) is 3.24 Å². The van der Waals surface area contributed by atoms with E-state index in [1.807, 2.05) is 6.07 Å². The normalized spacial score (nSPS) is 13.6. The van der Waals surface area contributed by atoms with Crippen molar-refractivity contribution in [2.75, 3.05) is 12.4 Å². The molecule has 13 heavy (non-hydrogen) atoms. The molecule has 0 aliphatic carbocycles. The van der Waals surface area contributed by atoms with Gasteiger partial charge in [0.05, 0.1) is 4.34 Å². The van der Waals surface area contributed by atoms with E-state index in [0.717, 1.165) is 16.2 Å². The van der Waals surface area contributed by atoms with Crippen LogP contribution in [0.5, 0.6) is 0 Å². The van der Waals surface area contributed by atoms with Crippen LogP contribution >= 0.6 is 38.9 Å². The number of hydrogen-bond acceptors (Lipinski definition) is 2. The molecule has 1 aromatic rings. The molecular formula is C9H13BrClNS. The van der Waals surface area contributed by atoms with E-state index >= 15 is 0 Å². The van der Waals surface area contributed by atoms with Gasteiger partial charge in [-0.15, -0.1) is 11.3 Å². The zero-order valence-corrected chi connectivity index (χ0v) is 10.9. The molecule has 1 atom stereocenters. The van der Waals surface area contributed by atoms with Crippen molar-refractivity contribution >= 4 is 38.9 Å². The number of nitrogens with zero attached hydrogens (tertiary/aromatic N) is 1. The summed E-state index contributed by atoms with van der Waals surface area (Å²) in [4.78, 5) is 3.62. The summed E-state index contributed by atoms with van der Waals surface area (Å²) >= 11 is 11.0. The van der Waals surface area contributed by atoms with E-state index in [4.69, 9.17) is 11.6 Å². The lowest BCUT2D eigenvalue weighted by Crippen LogP contribution is -2.29. The van der Waals surface area contributed by atoms with E-state index in [1.165, 1.54) is 4.88 Å². The Morgan fingerprint density at radius 2 is 2.31 bits per heavy atom. The molecule has 0 radical (unpaired) electrons. The second kappa shape index (κ2) is 5.35. The molecule has 0 saturated heterocycles. The van der Waals surface area contributed by atoms with Gasteiger partial charge >= 0.3 is 0 Å². The van der Waals surface area contributed by atoms with Crippen molar-refractivity contribution in [2.45, 2.75) is 19.5 Å². The summed E-state index contributed by atoms with van der Waals surface area (Å²) in [6.07, 6.45) is 0. The molecule has 74 valence electrons. The summed E-state index contributed by atoms with van der Waals surface area (Å²) in [5, 5.41) is 1.00. The van der Waals surface area contributed by atoms with Crippen LogP contribution in [0.3, 0.4) is 0 Å². The quantitative estimate of drug-likeness (QED) is 0.763. The second-order valence-electron chi connectivity index (χ2n) is 3.12. The van der Waals surface area contributed by atoms with Gasteiger partial charge in [-0.05, 0) is 26.1 Å². The Kier molecular flexibility index (Phi) is 4.73. The van der Waals surface area contributed by atoms with Gasteiger partial charge < -0.3 is 0 Å². The average Bonchev–Trinajstić information content (AvgIpc) is 2.49. The molecule has 0 bridgehead atoms. The maximum absolute atomic E-state index is 5.85. The van der Waals surface area contributed by atoms with Gasteiger partial charge in [-0.2, -0.15) is 0 Å². The van der Waals surface area contributed by atoms with Crippen LogP contribution in [0.2, 0.25) is 4.34 Å². The lowest BCUT2D eigenvalue weighted by molar-refractivity contribution is 0.273. The van der Waals surface area contributed by atoms with Crippen LogP contribution < -0.4 is 0 Å². The first-order chi connectivity index (χ1) is 6.13. The van der Waals surface area contributed by atoms with E-state index in [0.29, 0.717) is 6.04 Å². The van der Waals surface area contributed by atoms with E-state index in [2.05, 4.69) is 40.9 Å². The number of alkyl halides is 1.